The standard InChI is InChI=1S/C13H21BrN2O/c1-5-16-9-11(14)8-12(16)13(17)15(4)7-6-10(2)3/h8-10H,5-7H2,1-4H3. The molecule has 1 rings (SSSR count). The van der Waals surface area contributed by atoms with Crippen molar-refractivity contribution in [3.8, 4) is 0 Å². The summed E-state index contributed by atoms with van der Waals surface area (Å²) in [6.07, 6.45) is 2.99. The lowest BCUT2D eigenvalue weighted by Crippen LogP contribution is -2.30. The maximum Gasteiger partial charge on any atom is 0.270 e. The Bertz CT molecular complexity index is 385. The highest BCUT2D eigenvalue weighted by atomic mass is 79.9. The van der Waals surface area contributed by atoms with E-state index in [9.17, 15) is 4.79 Å². The Hall–Kier alpha value is -0.770. The van der Waals surface area contributed by atoms with Gasteiger partial charge < -0.3 is 9.47 Å². The summed E-state index contributed by atoms with van der Waals surface area (Å²) in [5.41, 5.74) is 0.755. The number of hydrogen-bond acceptors (Lipinski definition) is 1. The molecular weight excluding hydrogens is 280 g/mol. The Balaban J connectivity index is 2.74. The lowest BCUT2D eigenvalue weighted by atomic mass is 10.1. The Morgan fingerprint density at radius 2 is 2.18 bits per heavy atom. The van der Waals surface area contributed by atoms with Crippen LogP contribution >= 0.6 is 15.9 Å². The van der Waals surface area contributed by atoms with Gasteiger partial charge in [-0.2, -0.15) is 0 Å². The first kappa shape index (κ1) is 14.3. The molecular formula is C13H21BrN2O. The average Bonchev–Trinajstić information content (AvgIpc) is 2.66. The molecule has 96 valence electrons. The van der Waals surface area contributed by atoms with Gasteiger partial charge in [0.25, 0.3) is 5.91 Å². The monoisotopic (exact) mass is 300 g/mol. The summed E-state index contributed by atoms with van der Waals surface area (Å²) >= 11 is 3.41. The van der Waals surface area contributed by atoms with Crippen molar-refractivity contribution in [3.05, 3.63) is 22.4 Å². The molecule has 17 heavy (non-hydrogen) atoms. The van der Waals surface area contributed by atoms with E-state index in [-0.39, 0.29) is 5.91 Å². The van der Waals surface area contributed by atoms with Crippen molar-refractivity contribution in [2.45, 2.75) is 33.7 Å². The number of hydrogen-bond donors (Lipinski definition) is 0. The number of carbonyl (C=O) groups excluding carboxylic acids is 1. The van der Waals surface area contributed by atoms with Crippen LogP contribution in [0.2, 0.25) is 0 Å². The zero-order valence-corrected chi connectivity index (χ0v) is 12.6. The highest BCUT2D eigenvalue weighted by Crippen LogP contribution is 2.16. The van der Waals surface area contributed by atoms with Crippen molar-refractivity contribution >= 4 is 21.8 Å². The fourth-order valence-corrected chi connectivity index (χ4v) is 2.13. The largest absolute Gasteiger partial charge is 0.343 e. The second-order valence-corrected chi connectivity index (χ2v) is 5.65. The van der Waals surface area contributed by atoms with E-state index in [2.05, 4.69) is 29.8 Å². The van der Waals surface area contributed by atoms with E-state index in [1.54, 1.807) is 4.90 Å². The zero-order chi connectivity index (χ0) is 13.0. The molecule has 0 aliphatic heterocycles. The molecule has 0 N–H and O–H groups in total. The fraction of sp³-hybridized carbons (Fsp3) is 0.615. The van der Waals surface area contributed by atoms with Gasteiger partial charge in [-0.25, -0.2) is 0 Å². The van der Waals surface area contributed by atoms with E-state index in [1.165, 1.54) is 0 Å². The van der Waals surface area contributed by atoms with E-state index >= 15 is 0 Å². The van der Waals surface area contributed by atoms with Crippen LogP contribution in [-0.2, 0) is 6.54 Å². The summed E-state index contributed by atoms with van der Waals surface area (Å²) in [7, 11) is 1.87. The van der Waals surface area contributed by atoms with E-state index in [1.807, 2.05) is 30.8 Å². The molecule has 1 aromatic heterocycles. The van der Waals surface area contributed by atoms with Gasteiger partial charge in [0.1, 0.15) is 5.69 Å². The van der Waals surface area contributed by atoms with Crippen LogP contribution in [-0.4, -0.2) is 29.0 Å². The summed E-state index contributed by atoms with van der Waals surface area (Å²) in [4.78, 5) is 14.0. The van der Waals surface area contributed by atoms with Gasteiger partial charge in [0.2, 0.25) is 0 Å². The molecule has 0 aliphatic rings. The molecule has 0 aromatic carbocycles. The maximum absolute atomic E-state index is 12.2. The first-order valence-corrected chi connectivity index (χ1v) is 6.86. The second-order valence-electron chi connectivity index (χ2n) is 4.74. The van der Waals surface area contributed by atoms with Gasteiger partial charge in [-0.15, -0.1) is 0 Å². The predicted octanol–water partition coefficient (Wildman–Crippen LogP) is 3.39. The van der Waals surface area contributed by atoms with Crippen LogP contribution in [0.3, 0.4) is 0 Å². The van der Waals surface area contributed by atoms with Crippen LogP contribution in [0.4, 0.5) is 0 Å². The Morgan fingerprint density at radius 3 is 2.71 bits per heavy atom. The summed E-state index contributed by atoms with van der Waals surface area (Å²) < 4.78 is 2.93. The van der Waals surface area contributed by atoms with Gasteiger partial charge >= 0.3 is 0 Å². The molecule has 1 aromatic rings. The van der Waals surface area contributed by atoms with Crippen LogP contribution in [0, 0.1) is 5.92 Å². The summed E-state index contributed by atoms with van der Waals surface area (Å²) in [6.45, 7) is 8.00. The minimum Gasteiger partial charge on any atom is -0.343 e. The van der Waals surface area contributed by atoms with E-state index < -0.39 is 0 Å². The van der Waals surface area contributed by atoms with E-state index in [0.717, 1.165) is 29.7 Å². The van der Waals surface area contributed by atoms with E-state index in [4.69, 9.17) is 0 Å². The smallest absolute Gasteiger partial charge is 0.270 e. The van der Waals surface area contributed by atoms with Crippen molar-refractivity contribution in [2.24, 2.45) is 5.92 Å². The molecule has 0 aliphatic carbocycles. The number of carbonyl (C=O) groups is 1. The minimum absolute atomic E-state index is 0.0956. The summed E-state index contributed by atoms with van der Waals surface area (Å²) in [6, 6.07) is 1.89. The van der Waals surface area contributed by atoms with Crippen LogP contribution in [0.5, 0.6) is 0 Å². The molecule has 0 bridgehead atoms. The van der Waals surface area contributed by atoms with Crippen molar-refractivity contribution in [1.29, 1.82) is 0 Å². The number of halogens is 1. The van der Waals surface area contributed by atoms with Crippen LogP contribution in [0.15, 0.2) is 16.7 Å². The lowest BCUT2D eigenvalue weighted by molar-refractivity contribution is 0.0778. The molecule has 0 atom stereocenters. The SMILES string of the molecule is CCn1cc(Br)cc1C(=O)N(C)CCC(C)C. The number of aryl methyl sites for hydroxylation is 1. The Kier molecular flexibility index (Phi) is 5.25. The third kappa shape index (κ3) is 3.87. The summed E-state index contributed by atoms with van der Waals surface area (Å²) in [5.74, 6) is 0.716. The van der Waals surface area contributed by atoms with Crippen LogP contribution in [0.25, 0.3) is 0 Å². The van der Waals surface area contributed by atoms with Gasteiger partial charge in [-0.3, -0.25) is 4.79 Å². The first-order valence-electron chi connectivity index (χ1n) is 6.06. The molecule has 0 fully saturated rings. The number of amides is 1. The van der Waals surface area contributed by atoms with Crippen molar-refractivity contribution in [3.63, 3.8) is 0 Å². The quantitative estimate of drug-likeness (QED) is 0.818. The third-order valence-electron chi connectivity index (χ3n) is 2.81. The normalized spacial score (nSPS) is 10.9. The molecule has 3 nitrogen and oxygen atoms in total. The molecule has 0 unspecified atom stereocenters. The number of aromatic nitrogens is 1. The Labute approximate surface area is 112 Å². The molecule has 0 spiro atoms. The van der Waals surface area contributed by atoms with E-state index in [0.29, 0.717) is 5.92 Å². The maximum atomic E-state index is 12.2. The molecule has 1 heterocycles. The minimum atomic E-state index is 0.0956. The van der Waals surface area contributed by atoms with Crippen LogP contribution < -0.4 is 0 Å². The zero-order valence-electron chi connectivity index (χ0n) is 11.0. The summed E-state index contributed by atoms with van der Waals surface area (Å²) in [5, 5.41) is 0. The Morgan fingerprint density at radius 1 is 1.53 bits per heavy atom. The third-order valence-corrected chi connectivity index (χ3v) is 3.25. The van der Waals surface area contributed by atoms with Crippen molar-refractivity contribution in [2.75, 3.05) is 13.6 Å². The van der Waals surface area contributed by atoms with Gasteiger partial charge in [0.05, 0.1) is 0 Å². The molecule has 0 radical (unpaired) electrons. The van der Waals surface area contributed by atoms with Crippen molar-refractivity contribution in [1.82, 2.24) is 9.47 Å². The van der Waals surface area contributed by atoms with Gasteiger partial charge in [-0.05, 0) is 41.3 Å². The molecule has 1 amide bonds. The van der Waals surface area contributed by atoms with Gasteiger partial charge in [-0.1, -0.05) is 13.8 Å². The topological polar surface area (TPSA) is 25.2 Å². The molecule has 0 saturated heterocycles. The number of rotatable bonds is 5. The molecule has 0 saturated carbocycles. The fourth-order valence-electron chi connectivity index (χ4n) is 1.66. The van der Waals surface area contributed by atoms with Crippen LogP contribution in [0.1, 0.15) is 37.7 Å². The van der Waals surface area contributed by atoms with Gasteiger partial charge in [0.15, 0.2) is 0 Å². The first-order chi connectivity index (χ1) is 7.95. The lowest BCUT2D eigenvalue weighted by Gasteiger charge is -2.19. The highest BCUT2D eigenvalue weighted by Gasteiger charge is 2.16. The number of nitrogens with zero attached hydrogens (tertiary/aromatic N) is 2. The van der Waals surface area contributed by atoms with Gasteiger partial charge in [0, 0.05) is 30.8 Å². The average molecular weight is 301 g/mol. The molecule has 4 heteroatoms. The predicted molar refractivity (Wildman–Crippen MR) is 74.2 cm³/mol. The van der Waals surface area contributed by atoms with Crippen molar-refractivity contribution < 1.29 is 4.79 Å². The second kappa shape index (κ2) is 6.24. The highest BCUT2D eigenvalue weighted by molar-refractivity contribution is 9.10.